The number of hydrogen-bond donors (Lipinski definition) is 0. The molecular weight excluding hydrogens is 351 g/mol. The van der Waals surface area contributed by atoms with Gasteiger partial charge < -0.3 is 18.9 Å². The molecule has 0 radical (unpaired) electrons. The Bertz CT molecular complexity index is 789. The molecule has 0 aromatic heterocycles. The molecule has 2 aromatic carbocycles. The third-order valence-electron chi connectivity index (χ3n) is 3.27. The van der Waals surface area contributed by atoms with Gasteiger partial charge in [0.2, 0.25) is 6.79 Å². The Morgan fingerprint density at radius 1 is 1.20 bits per heavy atom. The largest absolute Gasteiger partial charge is 0.490 e. The number of rotatable bonds is 6. The van der Waals surface area contributed by atoms with E-state index in [-0.39, 0.29) is 25.8 Å². The van der Waals surface area contributed by atoms with Crippen LogP contribution >= 0.6 is 11.6 Å². The van der Waals surface area contributed by atoms with Gasteiger partial charge in [0, 0.05) is 6.08 Å². The lowest BCUT2D eigenvalue weighted by atomic mass is 10.2. The first-order valence-corrected chi connectivity index (χ1v) is 7.82. The van der Waals surface area contributed by atoms with Crippen molar-refractivity contribution in [1.82, 2.24) is 0 Å². The number of ether oxygens (including phenoxy) is 4. The molecule has 1 heterocycles. The minimum Gasteiger partial charge on any atom is -0.490 e. The molecule has 0 spiro atoms. The van der Waals surface area contributed by atoms with E-state index in [9.17, 15) is 9.18 Å². The van der Waals surface area contributed by atoms with E-state index >= 15 is 0 Å². The van der Waals surface area contributed by atoms with Crippen LogP contribution in [0.3, 0.4) is 0 Å². The Hall–Kier alpha value is -2.73. The topological polar surface area (TPSA) is 54.0 Å². The van der Waals surface area contributed by atoms with Gasteiger partial charge in [0.1, 0.15) is 24.8 Å². The second kappa shape index (κ2) is 7.90. The van der Waals surface area contributed by atoms with Gasteiger partial charge >= 0.3 is 5.97 Å². The molecule has 0 atom stereocenters. The predicted octanol–water partition coefficient (Wildman–Crippen LogP) is 3.84. The molecule has 1 aliphatic heterocycles. The van der Waals surface area contributed by atoms with Crippen LogP contribution in [0, 0.1) is 5.82 Å². The van der Waals surface area contributed by atoms with E-state index < -0.39 is 5.97 Å². The van der Waals surface area contributed by atoms with Gasteiger partial charge in [-0.25, -0.2) is 9.18 Å². The van der Waals surface area contributed by atoms with Crippen molar-refractivity contribution in [2.45, 2.75) is 0 Å². The Kier molecular flexibility index (Phi) is 5.40. The van der Waals surface area contributed by atoms with Gasteiger partial charge in [0.25, 0.3) is 0 Å². The summed E-state index contributed by atoms with van der Waals surface area (Å²) in [6.45, 7) is 0.363. The predicted molar refractivity (Wildman–Crippen MR) is 89.5 cm³/mol. The third kappa shape index (κ3) is 4.64. The highest BCUT2D eigenvalue weighted by Gasteiger charge is 2.17. The number of fused-ring (bicyclic) bond motifs is 1. The van der Waals surface area contributed by atoms with Crippen molar-refractivity contribution in [3.8, 4) is 17.2 Å². The van der Waals surface area contributed by atoms with E-state index in [0.29, 0.717) is 27.8 Å². The van der Waals surface area contributed by atoms with Crippen LogP contribution in [0.15, 0.2) is 42.5 Å². The quantitative estimate of drug-likeness (QED) is 0.443. The highest BCUT2D eigenvalue weighted by Crippen LogP contribution is 2.40. The summed E-state index contributed by atoms with van der Waals surface area (Å²) >= 11 is 6.07. The van der Waals surface area contributed by atoms with Crippen LogP contribution in [-0.4, -0.2) is 26.0 Å². The first-order valence-electron chi connectivity index (χ1n) is 7.44. The number of carbonyl (C=O) groups excluding carboxylic acids is 1. The Labute approximate surface area is 148 Å². The van der Waals surface area contributed by atoms with E-state index in [1.165, 1.54) is 30.3 Å². The molecule has 0 unspecified atom stereocenters. The lowest BCUT2D eigenvalue weighted by molar-refractivity contribution is -0.138. The van der Waals surface area contributed by atoms with E-state index in [1.54, 1.807) is 18.2 Å². The number of hydrogen-bond acceptors (Lipinski definition) is 5. The van der Waals surface area contributed by atoms with Crippen molar-refractivity contribution in [1.29, 1.82) is 0 Å². The minimum atomic E-state index is -0.517. The lowest BCUT2D eigenvalue weighted by Gasteiger charge is -2.06. The smallest absolute Gasteiger partial charge is 0.330 e. The molecule has 0 bridgehead atoms. The molecule has 0 saturated heterocycles. The molecule has 0 fully saturated rings. The van der Waals surface area contributed by atoms with Crippen molar-refractivity contribution in [2.75, 3.05) is 20.0 Å². The molecular formula is C18H14ClFO5. The van der Waals surface area contributed by atoms with E-state index in [4.69, 9.17) is 30.5 Å². The van der Waals surface area contributed by atoms with Crippen molar-refractivity contribution in [2.24, 2.45) is 0 Å². The molecule has 0 saturated carbocycles. The van der Waals surface area contributed by atoms with Crippen molar-refractivity contribution < 1.29 is 28.1 Å². The van der Waals surface area contributed by atoms with E-state index in [0.717, 1.165) is 0 Å². The zero-order chi connectivity index (χ0) is 17.6. The summed E-state index contributed by atoms with van der Waals surface area (Å²) in [6.07, 6.45) is 2.85. The van der Waals surface area contributed by atoms with Gasteiger partial charge in [-0.1, -0.05) is 11.6 Å². The van der Waals surface area contributed by atoms with Crippen LogP contribution in [0.2, 0.25) is 5.02 Å². The van der Waals surface area contributed by atoms with Crippen LogP contribution in [0.5, 0.6) is 17.2 Å². The maximum atomic E-state index is 12.7. The first kappa shape index (κ1) is 17.1. The highest BCUT2D eigenvalue weighted by atomic mass is 35.5. The fourth-order valence-electron chi connectivity index (χ4n) is 2.13. The fraction of sp³-hybridized carbons (Fsp3) is 0.167. The van der Waals surface area contributed by atoms with Gasteiger partial charge in [-0.05, 0) is 48.0 Å². The van der Waals surface area contributed by atoms with Crippen molar-refractivity contribution in [3.05, 3.63) is 58.9 Å². The molecule has 2 aromatic rings. The van der Waals surface area contributed by atoms with Gasteiger partial charge in [-0.15, -0.1) is 0 Å². The number of benzene rings is 2. The molecule has 3 rings (SSSR count). The second-order valence-electron chi connectivity index (χ2n) is 5.04. The Morgan fingerprint density at radius 2 is 2.00 bits per heavy atom. The highest BCUT2D eigenvalue weighted by molar-refractivity contribution is 6.32. The minimum absolute atomic E-state index is 0.0719. The summed E-state index contributed by atoms with van der Waals surface area (Å²) in [6, 6.07) is 8.97. The maximum absolute atomic E-state index is 12.7. The van der Waals surface area contributed by atoms with Gasteiger partial charge in [-0.3, -0.25) is 0 Å². The zero-order valence-electron chi connectivity index (χ0n) is 13.0. The third-order valence-corrected chi connectivity index (χ3v) is 3.55. The summed E-state index contributed by atoms with van der Waals surface area (Å²) in [4.78, 5) is 11.7. The second-order valence-corrected chi connectivity index (χ2v) is 5.45. The van der Waals surface area contributed by atoms with Crippen LogP contribution in [0.1, 0.15) is 5.56 Å². The summed E-state index contributed by atoms with van der Waals surface area (Å²) in [5.41, 5.74) is 0.689. The summed E-state index contributed by atoms with van der Waals surface area (Å²) in [5.74, 6) is 0.680. The Morgan fingerprint density at radius 3 is 2.80 bits per heavy atom. The SMILES string of the molecule is O=C(/C=C/c1cc(Cl)c2c(c1)OCO2)OCCOc1ccc(F)cc1. The van der Waals surface area contributed by atoms with Gasteiger partial charge in [-0.2, -0.15) is 0 Å². The lowest BCUT2D eigenvalue weighted by Crippen LogP contribution is -2.10. The Balaban J connectivity index is 1.45. The standard InChI is InChI=1S/C18H14ClFO5/c19-15-9-12(10-16-18(15)25-11-24-16)1-6-17(21)23-8-7-22-14-4-2-13(20)3-5-14/h1-6,9-10H,7-8,11H2/b6-1+. The van der Waals surface area contributed by atoms with Crippen molar-refractivity contribution in [3.63, 3.8) is 0 Å². The maximum Gasteiger partial charge on any atom is 0.330 e. The number of esters is 1. The van der Waals surface area contributed by atoms with Crippen LogP contribution in [-0.2, 0) is 9.53 Å². The van der Waals surface area contributed by atoms with E-state index in [1.807, 2.05) is 0 Å². The van der Waals surface area contributed by atoms with Gasteiger partial charge in [0.05, 0.1) is 5.02 Å². The normalized spacial score (nSPS) is 12.4. The van der Waals surface area contributed by atoms with Crippen molar-refractivity contribution >= 4 is 23.6 Å². The zero-order valence-corrected chi connectivity index (χ0v) is 13.8. The molecule has 7 heteroatoms. The molecule has 25 heavy (non-hydrogen) atoms. The summed E-state index contributed by atoms with van der Waals surface area (Å²) in [7, 11) is 0. The summed E-state index contributed by atoms with van der Waals surface area (Å²) in [5, 5.41) is 0.413. The molecule has 5 nitrogen and oxygen atoms in total. The molecule has 1 aliphatic rings. The average molecular weight is 365 g/mol. The van der Waals surface area contributed by atoms with Crippen LogP contribution in [0.25, 0.3) is 6.08 Å². The number of halogens is 2. The van der Waals surface area contributed by atoms with E-state index in [2.05, 4.69) is 0 Å². The summed E-state index contributed by atoms with van der Waals surface area (Å²) < 4.78 is 33.6. The van der Waals surface area contributed by atoms with Crippen LogP contribution in [0.4, 0.5) is 4.39 Å². The molecule has 0 aliphatic carbocycles. The monoisotopic (exact) mass is 364 g/mol. The molecule has 0 N–H and O–H groups in total. The number of carbonyl (C=O) groups is 1. The first-order chi connectivity index (χ1) is 12.1. The fourth-order valence-corrected chi connectivity index (χ4v) is 2.40. The average Bonchev–Trinajstić information content (AvgIpc) is 3.08. The molecule has 0 amide bonds. The molecule has 130 valence electrons. The van der Waals surface area contributed by atoms with Crippen LogP contribution < -0.4 is 14.2 Å². The van der Waals surface area contributed by atoms with Gasteiger partial charge in [0.15, 0.2) is 11.5 Å².